The van der Waals surface area contributed by atoms with Crippen LogP contribution in [-0.4, -0.2) is 51.6 Å². The van der Waals surface area contributed by atoms with Gasteiger partial charge in [0.05, 0.1) is 27.2 Å². The van der Waals surface area contributed by atoms with Crippen LogP contribution in [0.1, 0.15) is 6.42 Å². The second kappa shape index (κ2) is 6.48. The molecule has 0 amide bonds. The monoisotopic (exact) mass is 275 g/mol. The Hall–Kier alpha value is -1.67. The number of carbonyl (C=O) groups excluding carboxylic acids is 3. The van der Waals surface area contributed by atoms with E-state index in [1.807, 2.05) is 0 Å². The minimum Gasteiger partial charge on any atom is -0.469 e. The number of carbonyl (C=O) groups is 3. The molecule has 0 aromatic heterocycles. The lowest BCUT2D eigenvalue weighted by atomic mass is 9.82. The van der Waals surface area contributed by atoms with E-state index in [1.54, 1.807) is 0 Å². The van der Waals surface area contributed by atoms with Crippen LogP contribution >= 0.6 is 0 Å². The Morgan fingerprint density at radius 1 is 0.947 bits per heavy atom. The van der Waals surface area contributed by atoms with Gasteiger partial charge in [0, 0.05) is 6.42 Å². The van der Waals surface area contributed by atoms with E-state index in [2.05, 4.69) is 14.2 Å². The number of rotatable bonds is 3. The summed E-state index contributed by atoms with van der Waals surface area (Å²) >= 11 is 0. The van der Waals surface area contributed by atoms with Crippen LogP contribution in [0.2, 0.25) is 0 Å². The first kappa shape index (κ1) is 15.4. The average molecular weight is 275 g/mol. The summed E-state index contributed by atoms with van der Waals surface area (Å²) < 4.78 is 18.4. The molecule has 0 aromatic carbocycles. The van der Waals surface area contributed by atoms with Crippen molar-refractivity contribution in [1.29, 1.82) is 0 Å². The second-order valence-electron chi connectivity index (χ2n) is 3.92. The van der Waals surface area contributed by atoms with Crippen LogP contribution in [0.5, 0.6) is 0 Å². The van der Waals surface area contributed by atoms with Crippen molar-refractivity contribution in [2.75, 3.05) is 21.3 Å². The van der Waals surface area contributed by atoms with Crippen LogP contribution in [0.25, 0.3) is 0 Å². The van der Waals surface area contributed by atoms with Crippen LogP contribution in [0.4, 0.5) is 0 Å². The number of hydrogen-bond donors (Lipinski definition) is 0. The van der Waals surface area contributed by atoms with Crippen molar-refractivity contribution in [1.82, 2.24) is 0 Å². The van der Waals surface area contributed by atoms with Gasteiger partial charge in [0.25, 0.3) is 0 Å². The lowest BCUT2D eigenvalue weighted by molar-refractivity contribution is -0.238. The highest BCUT2D eigenvalue weighted by Crippen LogP contribution is 2.32. The molecule has 19 heavy (non-hydrogen) atoms. The molecular formula is C11H15O8. The van der Waals surface area contributed by atoms with Crippen molar-refractivity contribution in [3.63, 3.8) is 0 Å². The van der Waals surface area contributed by atoms with E-state index >= 15 is 0 Å². The van der Waals surface area contributed by atoms with Crippen LogP contribution in [0, 0.1) is 11.8 Å². The van der Waals surface area contributed by atoms with E-state index in [9.17, 15) is 19.5 Å². The highest BCUT2D eigenvalue weighted by atomic mass is 16.6. The van der Waals surface area contributed by atoms with Gasteiger partial charge >= 0.3 is 17.9 Å². The minimum absolute atomic E-state index is 0.278. The third kappa shape index (κ3) is 3.21. The van der Waals surface area contributed by atoms with Crippen LogP contribution < -0.4 is 0 Å². The van der Waals surface area contributed by atoms with Crippen molar-refractivity contribution in [2.24, 2.45) is 11.8 Å². The first-order valence-corrected chi connectivity index (χ1v) is 5.51. The van der Waals surface area contributed by atoms with E-state index in [-0.39, 0.29) is 6.42 Å². The Labute approximate surface area is 109 Å². The van der Waals surface area contributed by atoms with Gasteiger partial charge in [0.15, 0.2) is 12.4 Å². The van der Waals surface area contributed by atoms with Crippen molar-refractivity contribution in [3.8, 4) is 0 Å². The first-order chi connectivity index (χ1) is 8.96. The molecule has 0 spiro atoms. The molecule has 1 saturated heterocycles. The lowest BCUT2D eigenvalue weighted by Gasteiger charge is -2.34. The molecule has 1 radical (unpaired) electrons. The summed E-state index contributed by atoms with van der Waals surface area (Å²) in [6.45, 7) is 0. The van der Waals surface area contributed by atoms with Crippen molar-refractivity contribution < 1.29 is 38.4 Å². The fourth-order valence-electron chi connectivity index (χ4n) is 2.01. The molecule has 1 fully saturated rings. The van der Waals surface area contributed by atoms with Gasteiger partial charge in [-0.2, -0.15) is 0 Å². The second-order valence-corrected chi connectivity index (χ2v) is 3.92. The smallest absolute Gasteiger partial charge is 0.336 e. The predicted octanol–water partition coefficient (Wildman–Crippen LogP) is -0.717. The normalized spacial score (nSPS) is 30.3. The maximum Gasteiger partial charge on any atom is 0.336 e. The third-order valence-electron chi connectivity index (χ3n) is 2.92. The lowest BCUT2D eigenvalue weighted by Crippen LogP contribution is -2.51. The molecule has 1 rings (SSSR count). The van der Waals surface area contributed by atoms with Gasteiger partial charge in [-0.05, 0) is 0 Å². The quantitative estimate of drug-likeness (QED) is 0.494. The van der Waals surface area contributed by atoms with Gasteiger partial charge < -0.3 is 18.9 Å². The van der Waals surface area contributed by atoms with Gasteiger partial charge in [-0.15, -0.1) is 0 Å². The Balaban J connectivity index is 3.09. The SMILES string of the molecule is COC(=O)C1CC([O])OC(C(=O)OC)C1C(=O)OC. The molecule has 0 bridgehead atoms. The van der Waals surface area contributed by atoms with Gasteiger partial charge in [0.2, 0.25) is 0 Å². The van der Waals surface area contributed by atoms with E-state index in [1.165, 1.54) is 0 Å². The molecule has 0 saturated carbocycles. The molecule has 1 heterocycles. The molecule has 0 aliphatic carbocycles. The molecule has 1 aliphatic heterocycles. The third-order valence-corrected chi connectivity index (χ3v) is 2.92. The zero-order valence-electron chi connectivity index (χ0n) is 10.8. The summed E-state index contributed by atoms with van der Waals surface area (Å²) in [7, 11) is 3.31. The van der Waals surface area contributed by atoms with E-state index in [0.717, 1.165) is 21.3 Å². The zero-order valence-corrected chi connectivity index (χ0v) is 10.8. The number of hydrogen-bond acceptors (Lipinski definition) is 7. The minimum atomic E-state index is -1.62. The molecule has 1 aliphatic rings. The summed E-state index contributed by atoms with van der Waals surface area (Å²) in [5.74, 6) is -4.87. The molecule has 8 heteroatoms. The predicted molar refractivity (Wildman–Crippen MR) is 57.0 cm³/mol. The van der Waals surface area contributed by atoms with Gasteiger partial charge in [-0.1, -0.05) is 0 Å². The van der Waals surface area contributed by atoms with Crippen LogP contribution in [0.3, 0.4) is 0 Å². The van der Waals surface area contributed by atoms with E-state index in [0.29, 0.717) is 0 Å². The van der Waals surface area contributed by atoms with Crippen molar-refractivity contribution in [2.45, 2.75) is 18.8 Å². The first-order valence-electron chi connectivity index (χ1n) is 5.51. The van der Waals surface area contributed by atoms with E-state index in [4.69, 9.17) is 4.74 Å². The van der Waals surface area contributed by atoms with Crippen molar-refractivity contribution >= 4 is 17.9 Å². The standard InChI is InChI=1S/C11H15O8/c1-16-9(13)5-4-6(12)19-8(11(15)18-3)7(5)10(14)17-2/h5-8H,4H2,1-3H3. The molecule has 8 nitrogen and oxygen atoms in total. The summed E-state index contributed by atoms with van der Waals surface area (Å²) in [6.07, 6.45) is -3.37. The Morgan fingerprint density at radius 2 is 1.47 bits per heavy atom. The maximum atomic E-state index is 11.7. The zero-order chi connectivity index (χ0) is 14.6. The molecule has 107 valence electrons. The highest BCUT2D eigenvalue weighted by molar-refractivity contribution is 5.88. The van der Waals surface area contributed by atoms with Gasteiger partial charge in [-0.3, -0.25) is 9.59 Å². The maximum absolute atomic E-state index is 11.7. The molecule has 0 aromatic rings. The largest absolute Gasteiger partial charge is 0.469 e. The van der Waals surface area contributed by atoms with Gasteiger partial charge in [0.1, 0.15) is 5.92 Å². The van der Waals surface area contributed by atoms with Gasteiger partial charge in [-0.25, -0.2) is 9.90 Å². The molecule has 0 N–H and O–H groups in total. The molecule has 4 atom stereocenters. The fourth-order valence-corrected chi connectivity index (χ4v) is 2.01. The Kier molecular flexibility index (Phi) is 5.25. The van der Waals surface area contributed by atoms with Crippen LogP contribution in [0.15, 0.2) is 0 Å². The summed E-state index contributed by atoms with van der Waals surface area (Å²) in [5.41, 5.74) is 0. The van der Waals surface area contributed by atoms with Crippen LogP contribution in [-0.2, 0) is 38.4 Å². The fraction of sp³-hybridized carbons (Fsp3) is 0.727. The number of ether oxygens (including phenoxy) is 4. The average Bonchev–Trinajstić information content (AvgIpc) is 2.43. The topological polar surface area (TPSA) is 108 Å². The Bertz CT molecular complexity index is 340. The Morgan fingerprint density at radius 3 is 1.95 bits per heavy atom. The molecular weight excluding hydrogens is 260 g/mol. The molecule has 4 unspecified atom stereocenters. The summed E-state index contributed by atoms with van der Waals surface area (Å²) in [6, 6.07) is 0. The summed E-state index contributed by atoms with van der Waals surface area (Å²) in [5, 5.41) is 11.5. The van der Waals surface area contributed by atoms with Crippen molar-refractivity contribution in [3.05, 3.63) is 0 Å². The highest BCUT2D eigenvalue weighted by Gasteiger charge is 2.51. The number of methoxy groups -OCH3 is 3. The summed E-state index contributed by atoms with van der Waals surface area (Å²) in [4.78, 5) is 34.9. The number of esters is 3. The van der Waals surface area contributed by atoms with E-state index < -0.39 is 42.1 Å².